The molecule has 0 saturated carbocycles. The van der Waals surface area contributed by atoms with Crippen LogP contribution in [0, 0.1) is 0 Å². The third-order valence-corrected chi connectivity index (χ3v) is 4.50. The Morgan fingerprint density at radius 1 is 1.59 bits per heavy atom. The van der Waals surface area contributed by atoms with Crippen molar-refractivity contribution in [3.05, 3.63) is 41.1 Å². The summed E-state index contributed by atoms with van der Waals surface area (Å²) >= 11 is 1.60. The van der Waals surface area contributed by atoms with Gasteiger partial charge in [0.05, 0.1) is 11.2 Å². The van der Waals surface area contributed by atoms with Crippen molar-refractivity contribution in [2.75, 3.05) is 6.54 Å². The third-order valence-electron chi connectivity index (χ3n) is 3.59. The topological polar surface area (TPSA) is 68.5 Å². The van der Waals surface area contributed by atoms with Crippen molar-refractivity contribution in [1.29, 1.82) is 0 Å². The summed E-state index contributed by atoms with van der Waals surface area (Å²) in [6, 6.07) is 3.95. The van der Waals surface area contributed by atoms with E-state index >= 15 is 0 Å². The molecule has 3 heterocycles. The van der Waals surface area contributed by atoms with Gasteiger partial charge in [0, 0.05) is 31.9 Å². The largest absolute Gasteiger partial charge is 0.379 e. The molecule has 2 aromatic rings. The van der Waals surface area contributed by atoms with Crippen LogP contribution in [0.25, 0.3) is 0 Å². The summed E-state index contributed by atoms with van der Waals surface area (Å²) in [6.07, 6.45) is 6.77. The van der Waals surface area contributed by atoms with Gasteiger partial charge in [-0.05, 0) is 24.8 Å². The van der Waals surface area contributed by atoms with E-state index in [0.29, 0.717) is 13.0 Å². The lowest BCUT2D eigenvalue weighted by Gasteiger charge is -2.20. The molecule has 1 aliphatic rings. The van der Waals surface area contributed by atoms with Gasteiger partial charge >= 0.3 is 0 Å². The number of carbonyl (C=O) groups excluding carboxylic acids is 1. The van der Waals surface area contributed by atoms with Crippen LogP contribution in [0.15, 0.2) is 41.4 Å². The monoisotopic (exact) mass is 318 g/mol. The Kier molecular flexibility index (Phi) is 4.24. The van der Waals surface area contributed by atoms with Crippen molar-refractivity contribution in [1.82, 2.24) is 14.9 Å². The summed E-state index contributed by atoms with van der Waals surface area (Å²) < 4.78 is 1.98. The highest BCUT2D eigenvalue weighted by Gasteiger charge is 2.42. The predicted molar refractivity (Wildman–Crippen MR) is 84.8 cm³/mol. The van der Waals surface area contributed by atoms with Crippen LogP contribution in [-0.2, 0) is 16.2 Å². The molecule has 0 saturated heterocycles. The number of imidazole rings is 1. The van der Waals surface area contributed by atoms with Crippen molar-refractivity contribution in [3.63, 3.8) is 0 Å². The molecule has 116 valence electrons. The smallest absolute Gasteiger partial charge is 0.267 e. The molecule has 1 atom stereocenters. The van der Waals surface area contributed by atoms with Crippen molar-refractivity contribution in [2.45, 2.75) is 31.9 Å². The van der Waals surface area contributed by atoms with Crippen LogP contribution in [0.5, 0.6) is 0 Å². The molecule has 0 aromatic carbocycles. The fourth-order valence-corrected chi connectivity index (χ4v) is 3.01. The van der Waals surface area contributed by atoms with Crippen molar-refractivity contribution in [3.8, 4) is 0 Å². The van der Waals surface area contributed by atoms with E-state index in [1.54, 1.807) is 30.8 Å². The highest BCUT2D eigenvalue weighted by atomic mass is 32.1. The van der Waals surface area contributed by atoms with Gasteiger partial charge in [-0.3, -0.25) is 4.79 Å². The van der Waals surface area contributed by atoms with Crippen molar-refractivity contribution >= 4 is 23.0 Å². The minimum absolute atomic E-state index is 0.117. The second kappa shape index (κ2) is 6.31. The number of hydrogen-bond acceptors (Lipinski definition) is 5. The summed E-state index contributed by atoms with van der Waals surface area (Å²) in [6.45, 7) is 3.21. The van der Waals surface area contributed by atoms with E-state index < -0.39 is 5.60 Å². The van der Waals surface area contributed by atoms with Gasteiger partial charge in [0.2, 0.25) is 5.60 Å². The van der Waals surface area contributed by atoms with Crippen LogP contribution >= 0.6 is 11.3 Å². The molecule has 0 unspecified atom stereocenters. The second-order valence-corrected chi connectivity index (χ2v) is 6.37. The third kappa shape index (κ3) is 3.19. The second-order valence-electron chi connectivity index (χ2n) is 5.42. The fourth-order valence-electron chi connectivity index (χ4n) is 2.31. The number of amides is 1. The maximum Gasteiger partial charge on any atom is 0.267 e. The minimum Gasteiger partial charge on any atom is -0.379 e. The number of carbonyl (C=O) groups is 1. The first-order chi connectivity index (χ1) is 10.7. The van der Waals surface area contributed by atoms with Gasteiger partial charge in [-0.25, -0.2) is 4.98 Å². The number of nitrogens with one attached hydrogen (secondary N) is 1. The number of thiophene rings is 1. The molecular formula is C15H18N4O2S. The van der Waals surface area contributed by atoms with E-state index in [4.69, 9.17) is 4.84 Å². The van der Waals surface area contributed by atoms with Crippen LogP contribution in [0.4, 0.5) is 0 Å². The van der Waals surface area contributed by atoms with Crippen LogP contribution in [0.3, 0.4) is 0 Å². The van der Waals surface area contributed by atoms with Crippen LogP contribution in [-0.4, -0.2) is 33.3 Å². The molecule has 1 N–H and O–H groups in total. The lowest BCUT2D eigenvalue weighted by atomic mass is 9.98. The molecule has 0 bridgehead atoms. The molecule has 3 rings (SSSR count). The number of aromatic nitrogens is 2. The Bertz CT molecular complexity index is 651. The zero-order chi connectivity index (χ0) is 15.4. The molecule has 7 heteroatoms. The van der Waals surface area contributed by atoms with E-state index in [2.05, 4.69) is 15.5 Å². The SMILES string of the molecule is C[C@@]1(C(=O)NCCCn2ccnc2)CC(c2cccs2)=NO1. The number of oxime groups is 1. The lowest BCUT2D eigenvalue weighted by Crippen LogP contribution is -2.45. The Morgan fingerprint density at radius 3 is 3.23 bits per heavy atom. The Morgan fingerprint density at radius 2 is 2.50 bits per heavy atom. The highest BCUT2D eigenvalue weighted by Crippen LogP contribution is 2.28. The van der Waals surface area contributed by atoms with Crippen LogP contribution in [0.2, 0.25) is 0 Å². The van der Waals surface area contributed by atoms with Gasteiger partial charge in [-0.15, -0.1) is 11.3 Å². The van der Waals surface area contributed by atoms with Gasteiger partial charge in [0.25, 0.3) is 5.91 Å². The molecule has 6 nitrogen and oxygen atoms in total. The summed E-state index contributed by atoms with van der Waals surface area (Å²) in [5.41, 5.74) is -0.0695. The van der Waals surface area contributed by atoms with Crippen LogP contribution in [0.1, 0.15) is 24.6 Å². The molecule has 1 amide bonds. The number of hydrogen-bond donors (Lipinski definition) is 1. The minimum atomic E-state index is -0.908. The zero-order valence-electron chi connectivity index (χ0n) is 12.4. The van der Waals surface area contributed by atoms with Crippen LogP contribution < -0.4 is 5.32 Å². The van der Waals surface area contributed by atoms with Crippen molar-refractivity contribution in [2.24, 2.45) is 5.16 Å². The number of aryl methyl sites for hydroxylation is 1. The molecule has 1 aliphatic heterocycles. The van der Waals surface area contributed by atoms with Crippen molar-refractivity contribution < 1.29 is 9.63 Å². The van der Waals surface area contributed by atoms with Gasteiger partial charge < -0.3 is 14.7 Å². The van der Waals surface area contributed by atoms with Gasteiger partial charge in [-0.2, -0.15) is 0 Å². The maximum atomic E-state index is 12.3. The van der Waals surface area contributed by atoms with E-state index in [1.807, 2.05) is 28.3 Å². The maximum absolute atomic E-state index is 12.3. The van der Waals surface area contributed by atoms with Gasteiger partial charge in [0.1, 0.15) is 5.71 Å². The first-order valence-corrected chi connectivity index (χ1v) is 8.08. The highest BCUT2D eigenvalue weighted by molar-refractivity contribution is 7.12. The Labute approximate surface area is 132 Å². The zero-order valence-corrected chi connectivity index (χ0v) is 13.2. The molecule has 0 radical (unpaired) electrons. The average molecular weight is 318 g/mol. The number of nitrogens with zero attached hydrogens (tertiary/aromatic N) is 3. The number of rotatable bonds is 6. The molecule has 0 fully saturated rings. The lowest BCUT2D eigenvalue weighted by molar-refractivity contribution is -0.141. The van der Waals surface area contributed by atoms with Gasteiger partial charge in [-0.1, -0.05) is 11.2 Å². The predicted octanol–water partition coefficient (Wildman–Crippen LogP) is 2.03. The average Bonchev–Trinajstić information content (AvgIpc) is 3.24. The first kappa shape index (κ1) is 14.8. The standard InChI is InChI=1S/C15H18N4O2S/c1-15(10-12(18-21-15)13-4-2-9-22-13)14(20)17-5-3-7-19-8-6-16-11-19/h2,4,6,8-9,11H,3,5,7,10H2,1H3,(H,17,20)/t15-/m0/s1. The molecule has 0 spiro atoms. The molecule has 22 heavy (non-hydrogen) atoms. The quantitative estimate of drug-likeness (QED) is 0.829. The van der Waals surface area contributed by atoms with Gasteiger partial charge in [0.15, 0.2) is 0 Å². The molecule has 2 aromatic heterocycles. The Balaban J connectivity index is 1.46. The summed E-state index contributed by atoms with van der Waals surface area (Å²) in [5, 5.41) is 8.99. The normalized spacial score (nSPS) is 20.5. The Hall–Kier alpha value is -2.15. The molecular weight excluding hydrogens is 300 g/mol. The fraction of sp³-hybridized carbons (Fsp3) is 0.400. The van der Waals surface area contributed by atoms with E-state index in [1.165, 1.54) is 0 Å². The summed E-state index contributed by atoms with van der Waals surface area (Å²) in [4.78, 5) is 22.8. The first-order valence-electron chi connectivity index (χ1n) is 7.20. The summed E-state index contributed by atoms with van der Waals surface area (Å²) in [7, 11) is 0. The van der Waals surface area contributed by atoms with E-state index in [0.717, 1.165) is 23.6 Å². The molecule has 0 aliphatic carbocycles. The van der Waals surface area contributed by atoms with E-state index in [-0.39, 0.29) is 5.91 Å². The van der Waals surface area contributed by atoms with E-state index in [9.17, 15) is 4.79 Å². The summed E-state index contributed by atoms with van der Waals surface area (Å²) in [5.74, 6) is -0.117.